The second-order valence-electron chi connectivity index (χ2n) is 6.23. The number of likely N-dealkylation sites (tertiary alicyclic amines) is 1. The molecule has 0 spiro atoms. The molecule has 0 radical (unpaired) electrons. The molecule has 0 aromatic heterocycles. The highest BCUT2D eigenvalue weighted by atomic mass is 16.1. The lowest BCUT2D eigenvalue weighted by Crippen LogP contribution is -2.40. The molecule has 0 bridgehead atoms. The van der Waals surface area contributed by atoms with Gasteiger partial charge < -0.3 is 11.1 Å². The average molecular weight is 317 g/mol. The first-order valence-electron chi connectivity index (χ1n) is 8.48. The van der Waals surface area contributed by atoms with Gasteiger partial charge >= 0.3 is 0 Å². The van der Waals surface area contributed by atoms with E-state index in [-0.39, 0.29) is 11.8 Å². The first-order valence-corrected chi connectivity index (χ1v) is 8.48. The Morgan fingerprint density at radius 1 is 1.39 bits per heavy atom. The van der Waals surface area contributed by atoms with Gasteiger partial charge in [0, 0.05) is 30.3 Å². The van der Waals surface area contributed by atoms with Gasteiger partial charge in [0.1, 0.15) is 0 Å². The zero-order valence-electron chi connectivity index (χ0n) is 13.9. The van der Waals surface area contributed by atoms with Crippen molar-refractivity contribution in [1.82, 2.24) is 10.2 Å². The van der Waals surface area contributed by atoms with Gasteiger partial charge in [-0.05, 0) is 44.0 Å². The summed E-state index contributed by atoms with van der Waals surface area (Å²) in [5.41, 5.74) is 7.94. The van der Waals surface area contributed by atoms with Crippen molar-refractivity contribution >= 4 is 17.9 Å². The average Bonchev–Trinajstić information content (AvgIpc) is 2.56. The van der Waals surface area contributed by atoms with Crippen molar-refractivity contribution in [1.29, 1.82) is 0 Å². The summed E-state index contributed by atoms with van der Waals surface area (Å²) in [6.45, 7) is 5.36. The van der Waals surface area contributed by atoms with E-state index in [1.54, 1.807) is 6.07 Å². The smallest absolute Gasteiger partial charge is 0.223 e. The van der Waals surface area contributed by atoms with Gasteiger partial charge in [-0.2, -0.15) is 0 Å². The molecule has 2 rings (SSSR count). The van der Waals surface area contributed by atoms with Crippen LogP contribution >= 0.6 is 0 Å². The predicted octanol–water partition coefficient (Wildman–Crippen LogP) is 2.21. The maximum atomic E-state index is 12.1. The van der Waals surface area contributed by atoms with E-state index in [1.165, 1.54) is 0 Å². The molecule has 1 aliphatic rings. The number of hydrogen-bond donors (Lipinski definition) is 2. The van der Waals surface area contributed by atoms with Gasteiger partial charge in [-0.25, -0.2) is 0 Å². The maximum Gasteiger partial charge on any atom is 0.223 e. The number of hydrogen-bond acceptors (Lipinski definition) is 4. The van der Waals surface area contributed by atoms with Crippen LogP contribution in [0.25, 0.3) is 0 Å². The molecule has 5 heteroatoms. The summed E-state index contributed by atoms with van der Waals surface area (Å²) >= 11 is 0. The summed E-state index contributed by atoms with van der Waals surface area (Å²) < 4.78 is 0. The zero-order chi connectivity index (χ0) is 16.7. The van der Waals surface area contributed by atoms with E-state index in [1.807, 2.05) is 12.1 Å². The van der Waals surface area contributed by atoms with Crippen LogP contribution in [0.1, 0.15) is 48.5 Å². The molecule has 5 nitrogen and oxygen atoms in total. The lowest BCUT2D eigenvalue weighted by Gasteiger charge is -2.31. The molecule has 1 saturated heterocycles. The zero-order valence-corrected chi connectivity index (χ0v) is 13.9. The summed E-state index contributed by atoms with van der Waals surface area (Å²) in [5.74, 6) is 0.310. The van der Waals surface area contributed by atoms with Crippen molar-refractivity contribution in [3.05, 3.63) is 29.3 Å². The standard InChI is InChI=1S/C18H27N3O2/c1-2-3-9-20-18(23)14-7-10-21(11-8-14)12-15-5-4-6-17(19)16(15)13-22/h4-6,13-14H,2-3,7-12,19H2,1H3,(H,20,23). The summed E-state index contributed by atoms with van der Waals surface area (Å²) in [6, 6.07) is 5.58. The number of piperidine rings is 1. The number of benzene rings is 1. The molecular weight excluding hydrogens is 290 g/mol. The third-order valence-corrected chi connectivity index (χ3v) is 4.53. The molecule has 1 heterocycles. The summed E-state index contributed by atoms with van der Waals surface area (Å²) in [5, 5.41) is 3.02. The molecule has 1 aromatic rings. The highest BCUT2D eigenvalue weighted by Gasteiger charge is 2.25. The van der Waals surface area contributed by atoms with Crippen molar-refractivity contribution in [2.45, 2.75) is 39.2 Å². The Bertz CT molecular complexity index is 537. The molecule has 1 aromatic carbocycles. The quantitative estimate of drug-likeness (QED) is 0.459. The number of nitrogens with two attached hydrogens (primary N) is 1. The molecule has 1 amide bonds. The van der Waals surface area contributed by atoms with Gasteiger partial charge in [0.05, 0.1) is 0 Å². The summed E-state index contributed by atoms with van der Waals surface area (Å²) in [4.78, 5) is 25.6. The molecule has 23 heavy (non-hydrogen) atoms. The van der Waals surface area contributed by atoms with Crippen LogP contribution in [0.15, 0.2) is 18.2 Å². The van der Waals surface area contributed by atoms with E-state index < -0.39 is 0 Å². The normalized spacial score (nSPS) is 16.2. The van der Waals surface area contributed by atoms with Gasteiger partial charge in [-0.1, -0.05) is 25.5 Å². The van der Waals surface area contributed by atoms with Gasteiger partial charge in [0.2, 0.25) is 5.91 Å². The first kappa shape index (κ1) is 17.5. The highest BCUT2D eigenvalue weighted by molar-refractivity contribution is 5.85. The number of unbranched alkanes of at least 4 members (excludes halogenated alkanes) is 1. The summed E-state index contributed by atoms with van der Waals surface area (Å²) in [7, 11) is 0. The molecule has 126 valence electrons. The van der Waals surface area contributed by atoms with Crippen LogP contribution in [0.2, 0.25) is 0 Å². The van der Waals surface area contributed by atoms with Crippen molar-refractivity contribution in [2.75, 3.05) is 25.4 Å². The molecule has 0 aliphatic carbocycles. The monoisotopic (exact) mass is 317 g/mol. The second kappa shape index (κ2) is 8.67. The summed E-state index contributed by atoms with van der Waals surface area (Å²) in [6.07, 6.45) is 4.71. The van der Waals surface area contributed by atoms with Crippen LogP contribution < -0.4 is 11.1 Å². The minimum Gasteiger partial charge on any atom is -0.398 e. The SMILES string of the molecule is CCCCNC(=O)C1CCN(Cc2cccc(N)c2C=O)CC1. The van der Waals surface area contributed by atoms with Crippen LogP contribution in [0, 0.1) is 5.92 Å². The molecule has 1 fully saturated rings. The van der Waals surface area contributed by atoms with Crippen molar-refractivity contribution < 1.29 is 9.59 Å². The van der Waals surface area contributed by atoms with Crippen LogP contribution in [-0.2, 0) is 11.3 Å². The van der Waals surface area contributed by atoms with Gasteiger partial charge in [-0.15, -0.1) is 0 Å². The van der Waals surface area contributed by atoms with Crippen molar-refractivity contribution in [3.63, 3.8) is 0 Å². The van der Waals surface area contributed by atoms with E-state index in [4.69, 9.17) is 5.73 Å². The van der Waals surface area contributed by atoms with Crippen LogP contribution in [-0.4, -0.2) is 36.7 Å². The fourth-order valence-electron chi connectivity index (χ4n) is 3.04. The number of nitrogens with zero attached hydrogens (tertiary/aromatic N) is 1. The van der Waals surface area contributed by atoms with Gasteiger partial charge in [0.15, 0.2) is 6.29 Å². The number of amides is 1. The predicted molar refractivity (Wildman–Crippen MR) is 92.2 cm³/mol. The molecule has 0 unspecified atom stereocenters. The molecule has 1 aliphatic heterocycles. The molecular formula is C18H27N3O2. The first-order chi connectivity index (χ1) is 11.2. The third kappa shape index (κ3) is 4.79. The molecule has 0 atom stereocenters. The van der Waals surface area contributed by atoms with E-state index in [9.17, 15) is 9.59 Å². The lowest BCUT2D eigenvalue weighted by atomic mass is 9.95. The minimum absolute atomic E-state index is 0.120. The Morgan fingerprint density at radius 2 is 2.13 bits per heavy atom. The number of aldehydes is 1. The van der Waals surface area contributed by atoms with E-state index >= 15 is 0 Å². The van der Waals surface area contributed by atoms with Crippen LogP contribution in [0.3, 0.4) is 0 Å². The van der Waals surface area contributed by atoms with Crippen LogP contribution in [0.4, 0.5) is 5.69 Å². The Labute approximate surface area is 138 Å². The fraction of sp³-hybridized carbons (Fsp3) is 0.556. The highest BCUT2D eigenvalue weighted by Crippen LogP contribution is 2.22. The second-order valence-corrected chi connectivity index (χ2v) is 6.23. The number of nitrogens with one attached hydrogen (secondary N) is 1. The Morgan fingerprint density at radius 3 is 2.78 bits per heavy atom. The largest absolute Gasteiger partial charge is 0.398 e. The van der Waals surface area contributed by atoms with Crippen LogP contribution in [0.5, 0.6) is 0 Å². The third-order valence-electron chi connectivity index (χ3n) is 4.53. The van der Waals surface area contributed by atoms with E-state index in [0.29, 0.717) is 17.8 Å². The topological polar surface area (TPSA) is 75.4 Å². The fourth-order valence-corrected chi connectivity index (χ4v) is 3.04. The Balaban J connectivity index is 1.84. The molecule has 3 N–H and O–H groups in total. The minimum atomic E-state index is 0.120. The van der Waals surface area contributed by atoms with E-state index in [0.717, 1.165) is 57.2 Å². The van der Waals surface area contributed by atoms with Gasteiger partial charge in [-0.3, -0.25) is 14.5 Å². The van der Waals surface area contributed by atoms with Crippen molar-refractivity contribution in [3.8, 4) is 0 Å². The van der Waals surface area contributed by atoms with E-state index in [2.05, 4.69) is 17.1 Å². The number of anilines is 1. The Hall–Kier alpha value is -1.88. The number of rotatable bonds is 7. The maximum absolute atomic E-state index is 12.1. The number of carbonyl (C=O) groups is 2. The Kier molecular flexibility index (Phi) is 6.59. The number of carbonyl (C=O) groups excluding carboxylic acids is 2. The number of nitrogen functional groups attached to an aromatic ring is 1. The van der Waals surface area contributed by atoms with Gasteiger partial charge in [0.25, 0.3) is 0 Å². The molecule has 0 saturated carbocycles. The lowest BCUT2D eigenvalue weighted by molar-refractivity contribution is -0.126. The van der Waals surface area contributed by atoms with Crippen molar-refractivity contribution in [2.24, 2.45) is 5.92 Å².